The number of aromatic nitrogens is 3. The molecule has 2 heterocycles. The zero-order valence-electron chi connectivity index (χ0n) is 13.9. The van der Waals surface area contributed by atoms with E-state index in [-0.39, 0.29) is 5.97 Å². The average Bonchev–Trinajstić information content (AvgIpc) is 3.16. The lowest BCUT2D eigenvalue weighted by atomic mass is 10.1. The Bertz CT molecular complexity index is 867. The second-order valence-corrected chi connectivity index (χ2v) is 6.46. The van der Waals surface area contributed by atoms with E-state index in [1.54, 1.807) is 29.1 Å². The second kappa shape index (κ2) is 6.97. The third-order valence-electron chi connectivity index (χ3n) is 3.75. The van der Waals surface area contributed by atoms with Crippen molar-refractivity contribution in [1.82, 2.24) is 14.8 Å². The third-order valence-corrected chi connectivity index (χ3v) is 4.58. The highest BCUT2D eigenvalue weighted by atomic mass is 32.1. The molecule has 0 unspecified atom stereocenters. The van der Waals surface area contributed by atoms with Crippen molar-refractivity contribution in [3.05, 3.63) is 57.7 Å². The van der Waals surface area contributed by atoms with Crippen LogP contribution in [0, 0.1) is 13.8 Å². The minimum absolute atomic E-state index is 0.333. The van der Waals surface area contributed by atoms with E-state index in [0.717, 1.165) is 22.0 Å². The number of benzene rings is 1. The summed E-state index contributed by atoms with van der Waals surface area (Å²) in [6, 6.07) is 8.29. The van der Waals surface area contributed by atoms with Gasteiger partial charge in [-0.1, -0.05) is 23.8 Å². The van der Waals surface area contributed by atoms with Gasteiger partial charge in [0.2, 0.25) is 0 Å². The zero-order chi connectivity index (χ0) is 17.1. The van der Waals surface area contributed by atoms with E-state index in [4.69, 9.17) is 4.74 Å². The number of hydrogen-bond donors (Lipinski definition) is 0. The first-order chi connectivity index (χ1) is 11.6. The number of esters is 1. The number of nitrogens with zero attached hydrogens (tertiary/aromatic N) is 3. The number of ether oxygens (including phenoxy) is 1. The molecule has 0 bridgehead atoms. The van der Waals surface area contributed by atoms with Crippen LogP contribution in [0.25, 0.3) is 11.3 Å². The Kier molecular flexibility index (Phi) is 4.76. The largest absolute Gasteiger partial charge is 0.462 e. The Morgan fingerprint density at radius 3 is 2.92 bits per heavy atom. The molecule has 0 aliphatic carbocycles. The first kappa shape index (κ1) is 16.4. The summed E-state index contributed by atoms with van der Waals surface area (Å²) >= 11 is 1.59. The van der Waals surface area contributed by atoms with Crippen LogP contribution in [0.2, 0.25) is 0 Å². The third kappa shape index (κ3) is 3.38. The number of rotatable bonds is 5. The Balaban J connectivity index is 1.79. The lowest BCUT2D eigenvalue weighted by Gasteiger charge is -2.03. The smallest absolute Gasteiger partial charge is 0.341 e. The van der Waals surface area contributed by atoms with Crippen LogP contribution in [0.3, 0.4) is 0 Å². The number of carbonyl (C=O) groups excluding carboxylic acids is 1. The molecule has 0 spiro atoms. The predicted molar refractivity (Wildman–Crippen MR) is 94.3 cm³/mol. The van der Waals surface area contributed by atoms with Crippen molar-refractivity contribution >= 4 is 17.3 Å². The Morgan fingerprint density at radius 1 is 1.33 bits per heavy atom. The minimum Gasteiger partial charge on any atom is -0.462 e. The summed E-state index contributed by atoms with van der Waals surface area (Å²) in [6.45, 7) is 6.63. The lowest BCUT2D eigenvalue weighted by molar-refractivity contribution is 0.0525. The molecule has 124 valence electrons. The molecule has 2 aromatic heterocycles. The summed E-state index contributed by atoms with van der Waals surface area (Å²) in [5, 5.41) is 7.30. The summed E-state index contributed by atoms with van der Waals surface area (Å²) in [6.07, 6.45) is 1.56. The molecule has 0 saturated carbocycles. The first-order valence-corrected chi connectivity index (χ1v) is 8.67. The maximum Gasteiger partial charge on any atom is 0.341 e. The van der Waals surface area contributed by atoms with Gasteiger partial charge >= 0.3 is 5.97 Å². The van der Waals surface area contributed by atoms with Crippen molar-refractivity contribution in [3.63, 3.8) is 0 Å². The maximum absolute atomic E-state index is 11.9. The molecule has 0 N–H and O–H groups in total. The second-order valence-electron chi connectivity index (χ2n) is 5.52. The fraction of sp³-hybridized carbons (Fsp3) is 0.278. The van der Waals surface area contributed by atoms with Crippen LogP contribution in [-0.4, -0.2) is 27.3 Å². The van der Waals surface area contributed by atoms with Gasteiger partial charge in [-0.25, -0.2) is 9.78 Å². The van der Waals surface area contributed by atoms with E-state index < -0.39 is 0 Å². The van der Waals surface area contributed by atoms with Gasteiger partial charge in [-0.15, -0.1) is 11.3 Å². The van der Waals surface area contributed by atoms with Crippen LogP contribution >= 0.6 is 11.3 Å². The normalized spacial score (nSPS) is 10.8. The Morgan fingerprint density at radius 2 is 2.17 bits per heavy atom. The molecule has 0 radical (unpaired) electrons. The van der Waals surface area contributed by atoms with Crippen LogP contribution in [0.4, 0.5) is 0 Å². The molecule has 0 saturated heterocycles. The monoisotopic (exact) mass is 341 g/mol. The van der Waals surface area contributed by atoms with Gasteiger partial charge in [0.25, 0.3) is 0 Å². The zero-order valence-corrected chi connectivity index (χ0v) is 14.8. The summed E-state index contributed by atoms with van der Waals surface area (Å²) < 4.78 is 6.82. The average molecular weight is 341 g/mol. The highest BCUT2D eigenvalue weighted by molar-refractivity contribution is 7.09. The van der Waals surface area contributed by atoms with E-state index in [1.807, 2.05) is 13.0 Å². The van der Waals surface area contributed by atoms with Gasteiger partial charge in [0.1, 0.15) is 10.6 Å². The van der Waals surface area contributed by atoms with Crippen molar-refractivity contribution in [3.8, 4) is 11.3 Å². The minimum atomic E-state index is -0.333. The molecule has 0 amide bonds. The van der Waals surface area contributed by atoms with Crippen molar-refractivity contribution < 1.29 is 9.53 Å². The van der Waals surface area contributed by atoms with E-state index in [1.165, 1.54) is 5.56 Å². The molecule has 0 atom stereocenters. The van der Waals surface area contributed by atoms with Crippen LogP contribution in [0.5, 0.6) is 0 Å². The van der Waals surface area contributed by atoms with Crippen LogP contribution in [0.15, 0.2) is 35.8 Å². The lowest BCUT2D eigenvalue weighted by Crippen LogP contribution is -2.08. The molecule has 1 aromatic carbocycles. The summed E-state index contributed by atoms with van der Waals surface area (Å²) in [5.41, 5.74) is 4.59. The van der Waals surface area contributed by atoms with E-state index in [2.05, 4.69) is 40.6 Å². The summed E-state index contributed by atoms with van der Waals surface area (Å²) in [7, 11) is 0. The molecular formula is C18H19N3O2S. The van der Waals surface area contributed by atoms with Crippen molar-refractivity contribution in [2.24, 2.45) is 0 Å². The maximum atomic E-state index is 11.9. The van der Waals surface area contributed by atoms with Gasteiger partial charge in [0, 0.05) is 10.9 Å². The van der Waals surface area contributed by atoms with Gasteiger partial charge in [-0.3, -0.25) is 4.68 Å². The fourth-order valence-electron chi connectivity index (χ4n) is 2.46. The Hall–Kier alpha value is -2.47. The quantitative estimate of drug-likeness (QED) is 0.662. The molecule has 6 heteroatoms. The molecule has 5 nitrogen and oxygen atoms in total. The molecule has 0 fully saturated rings. The van der Waals surface area contributed by atoms with E-state index in [9.17, 15) is 4.79 Å². The summed E-state index contributed by atoms with van der Waals surface area (Å²) in [4.78, 5) is 16.6. The van der Waals surface area contributed by atoms with Crippen LogP contribution in [-0.2, 0) is 11.3 Å². The number of hydrogen-bond acceptors (Lipinski definition) is 5. The van der Waals surface area contributed by atoms with Crippen LogP contribution in [0.1, 0.15) is 33.5 Å². The van der Waals surface area contributed by atoms with E-state index >= 15 is 0 Å². The van der Waals surface area contributed by atoms with Gasteiger partial charge in [0.05, 0.1) is 30.7 Å². The van der Waals surface area contributed by atoms with Crippen molar-refractivity contribution in [2.75, 3.05) is 6.61 Å². The van der Waals surface area contributed by atoms with E-state index in [0.29, 0.717) is 18.7 Å². The van der Waals surface area contributed by atoms with Gasteiger partial charge in [-0.05, 0) is 26.8 Å². The molecule has 3 rings (SSSR count). The number of carbonyl (C=O) groups is 1. The molecule has 3 aromatic rings. The molecule has 0 aliphatic rings. The van der Waals surface area contributed by atoms with Gasteiger partial charge in [0.15, 0.2) is 0 Å². The van der Waals surface area contributed by atoms with Crippen molar-refractivity contribution in [1.29, 1.82) is 0 Å². The SMILES string of the molecule is CCOC(=O)c1cnn(Cc2nc(-c3cccc(C)c3)cs2)c1C. The number of thiazole rings is 1. The number of aryl methyl sites for hydroxylation is 1. The molecular weight excluding hydrogens is 322 g/mol. The standard InChI is InChI=1S/C18H19N3O2S/c1-4-23-18(22)15-9-19-21(13(15)3)10-17-20-16(11-24-17)14-7-5-6-12(2)8-14/h5-9,11H,4,10H2,1-3H3. The van der Waals surface area contributed by atoms with Gasteiger partial charge in [-0.2, -0.15) is 5.10 Å². The van der Waals surface area contributed by atoms with Crippen molar-refractivity contribution in [2.45, 2.75) is 27.3 Å². The highest BCUT2D eigenvalue weighted by Gasteiger charge is 2.16. The fourth-order valence-corrected chi connectivity index (χ4v) is 3.25. The van der Waals surface area contributed by atoms with Gasteiger partial charge < -0.3 is 4.74 Å². The predicted octanol–water partition coefficient (Wildman–Crippen LogP) is 3.85. The topological polar surface area (TPSA) is 57.0 Å². The highest BCUT2D eigenvalue weighted by Crippen LogP contribution is 2.23. The van der Waals surface area contributed by atoms with Crippen LogP contribution < -0.4 is 0 Å². The molecule has 24 heavy (non-hydrogen) atoms. The Labute approximate surface area is 144 Å². The molecule has 0 aliphatic heterocycles. The first-order valence-electron chi connectivity index (χ1n) is 7.79. The summed E-state index contributed by atoms with van der Waals surface area (Å²) in [5.74, 6) is -0.333.